The summed E-state index contributed by atoms with van der Waals surface area (Å²) in [4.78, 5) is 1.36. The molecule has 3 heteroatoms. The van der Waals surface area contributed by atoms with Gasteiger partial charge < -0.3 is 10.1 Å². The Morgan fingerprint density at radius 1 is 1.15 bits per heavy atom. The van der Waals surface area contributed by atoms with Gasteiger partial charge in [0.05, 0.1) is 5.60 Å². The van der Waals surface area contributed by atoms with Crippen LogP contribution in [0, 0.1) is 0 Å². The Morgan fingerprint density at radius 3 is 2.60 bits per heavy atom. The van der Waals surface area contributed by atoms with Gasteiger partial charge in [-0.05, 0) is 43.3 Å². The summed E-state index contributed by atoms with van der Waals surface area (Å²) in [6.45, 7) is 8.78. The highest BCUT2D eigenvalue weighted by molar-refractivity contribution is 7.10. The first-order chi connectivity index (χ1) is 9.61. The van der Waals surface area contributed by atoms with Gasteiger partial charge >= 0.3 is 0 Å². The number of ether oxygens (including phenoxy) is 1. The molecule has 0 saturated carbocycles. The van der Waals surface area contributed by atoms with Crippen LogP contribution in [0.15, 0.2) is 41.8 Å². The summed E-state index contributed by atoms with van der Waals surface area (Å²) in [7, 11) is 0. The summed E-state index contributed by atoms with van der Waals surface area (Å²) < 4.78 is 5.68. The van der Waals surface area contributed by atoms with Gasteiger partial charge in [-0.1, -0.05) is 30.3 Å². The third kappa shape index (κ3) is 4.44. The summed E-state index contributed by atoms with van der Waals surface area (Å²) in [5, 5.41) is 5.70. The molecule has 0 aliphatic rings. The van der Waals surface area contributed by atoms with Crippen molar-refractivity contribution in [2.24, 2.45) is 0 Å². The quantitative estimate of drug-likeness (QED) is 0.819. The summed E-state index contributed by atoms with van der Waals surface area (Å²) in [5.74, 6) is 0. The molecule has 20 heavy (non-hydrogen) atoms. The van der Waals surface area contributed by atoms with E-state index in [0.29, 0.717) is 0 Å². The monoisotopic (exact) mass is 289 g/mol. The van der Waals surface area contributed by atoms with Gasteiger partial charge in [0.2, 0.25) is 0 Å². The van der Waals surface area contributed by atoms with E-state index in [0.717, 1.165) is 19.7 Å². The molecule has 0 spiro atoms. The standard InChI is InChI=1S/C17H23NOS/c1-4-19-17(2,3)13-18-11-16-10-15(12-20-16)14-8-6-5-7-9-14/h5-10,12,18H,4,11,13H2,1-3H3. The molecule has 0 aliphatic carbocycles. The number of rotatable bonds is 7. The number of benzene rings is 1. The molecule has 0 amide bonds. The van der Waals surface area contributed by atoms with Crippen LogP contribution in [0.5, 0.6) is 0 Å². The molecule has 0 radical (unpaired) electrons. The van der Waals surface area contributed by atoms with Crippen LogP contribution in [0.4, 0.5) is 0 Å². The van der Waals surface area contributed by atoms with Crippen molar-refractivity contribution in [3.05, 3.63) is 46.7 Å². The summed E-state index contributed by atoms with van der Waals surface area (Å²) in [6.07, 6.45) is 0. The van der Waals surface area contributed by atoms with Crippen LogP contribution in [0.25, 0.3) is 11.1 Å². The molecule has 1 heterocycles. The number of nitrogens with one attached hydrogen (secondary N) is 1. The molecule has 0 saturated heterocycles. The van der Waals surface area contributed by atoms with E-state index < -0.39 is 0 Å². The van der Waals surface area contributed by atoms with Crippen LogP contribution in [-0.4, -0.2) is 18.8 Å². The van der Waals surface area contributed by atoms with E-state index in [1.54, 1.807) is 11.3 Å². The minimum Gasteiger partial charge on any atom is -0.375 e. The molecule has 2 rings (SSSR count). The average Bonchev–Trinajstić information content (AvgIpc) is 2.88. The van der Waals surface area contributed by atoms with E-state index in [1.165, 1.54) is 16.0 Å². The summed E-state index contributed by atoms with van der Waals surface area (Å²) in [6, 6.07) is 12.8. The molecule has 0 aliphatic heterocycles. The second-order valence-electron chi connectivity index (χ2n) is 5.46. The third-order valence-electron chi connectivity index (χ3n) is 3.15. The Morgan fingerprint density at radius 2 is 1.90 bits per heavy atom. The predicted octanol–water partition coefficient (Wildman–Crippen LogP) is 4.32. The lowest BCUT2D eigenvalue weighted by Gasteiger charge is -2.24. The van der Waals surface area contributed by atoms with Gasteiger partial charge in [0, 0.05) is 24.6 Å². The van der Waals surface area contributed by atoms with E-state index in [2.05, 4.69) is 54.9 Å². The van der Waals surface area contributed by atoms with Crippen molar-refractivity contribution in [2.45, 2.75) is 32.9 Å². The molecule has 2 aromatic rings. The second-order valence-corrected chi connectivity index (χ2v) is 6.46. The van der Waals surface area contributed by atoms with E-state index in [4.69, 9.17) is 4.74 Å². The molecule has 0 bridgehead atoms. The van der Waals surface area contributed by atoms with Crippen molar-refractivity contribution >= 4 is 11.3 Å². The van der Waals surface area contributed by atoms with Crippen LogP contribution >= 0.6 is 11.3 Å². The van der Waals surface area contributed by atoms with Crippen molar-refractivity contribution < 1.29 is 4.74 Å². The minimum absolute atomic E-state index is 0.103. The predicted molar refractivity (Wildman–Crippen MR) is 87.2 cm³/mol. The first kappa shape index (κ1) is 15.2. The molecular formula is C17H23NOS. The van der Waals surface area contributed by atoms with Crippen LogP contribution in [0.2, 0.25) is 0 Å². The fourth-order valence-electron chi connectivity index (χ4n) is 2.18. The topological polar surface area (TPSA) is 21.3 Å². The average molecular weight is 289 g/mol. The fraction of sp³-hybridized carbons (Fsp3) is 0.412. The third-order valence-corrected chi connectivity index (χ3v) is 4.08. The second kappa shape index (κ2) is 7.02. The van der Waals surface area contributed by atoms with Crippen LogP contribution in [-0.2, 0) is 11.3 Å². The Bertz CT molecular complexity index is 519. The van der Waals surface area contributed by atoms with E-state index >= 15 is 0 Å². The fourth-order valence-corrected chi connectivity index (χ4v) is 3.05. The van der Waals surface area contributed by atoms with Crippen LogP contribution < -0.4 is 5.32 Å². The van der Waals surface area contributed by atoms with Crippen molar-refractivity contribution in [2.75, 3.05) is 13.2 Å². The lowest BCUT2D eigenvalue weighted by Crippen LogP contribution is -2.37. The highest BCUT2D eigenvalue weighted by atomic mass is 32.1. The maximum Gasteiger partial charge on any atom is 0.0750 e. The molecule has 0 atom stereocenters. The zero-order valence-corrected chi connectivity index (χ0v) is 13.3. The van der Waals surface area contributed by atoms with Gasteiger partial charge in [0.15, 0.2) is 0 Å². The van der Waals surface area contributed by atoms with Crippen molar-refractivity contribution in [1.82, 2.24) is 5.32 Å². The number of hydrogen-bond acceptors (Lipinski definition) is 3. The van der Waals surface area contributed by atoms with E-state index in [-0.39, 0.29) is 5.60 Å². The van der Waals surface area contributed by atoms with Gasteiger partial charge in [-0.15, -0.1) is 11.3 Å². The number of thiophene rings is 1. The lowest BCUT2D eigenvalue weighted by molar-refractivity contribution is -0.00893. The molecule has 1 aromatic heterocycles. The van der Waals surface area contributed by atoms with Gasteiger partial charge in [-0.3, -0.25) is 0 Å². The van der Waals surface area contributed by atoms with Gasteiger partial charge in [0.25, 0.3) is 0 Å². The molecule has 2 nitrogen and oxygen atoms in total. The zero-order chi connectivity index (χ0) is 14.4. The maximum atomic E-state index is 5.68. The van der Waals surface area contributed by atoms with Crippen LogP contribution in [0.3, 0.4) is 0 Å². The zero-order valence-electron chi connectivity index (χ0n) is 12.5. The van der Waals surface area contributed by atoms with Crippen molar-refractivity contribution in [1.29, 1.82) is 0 Å². The maximum absolute atomic E-state index is 5.68. The summed E-state index contributed by atoms with van der Waals surface area (Å²) >= 11 is 1.80. The first-order valence-electron chi connectivity index (χ1n) is 7.08. The van der Waals surface area contributed by atoms with E-state index in [9.17, 15) is 0 Å². The largest absolute Gasteiger partial charge is 0.375 e. The van der Waals surface area contributed by atoms with Crippen LogP contribution in [0.1, 0.15) is 25.6 Å². The highest BCUT2D eigenvalue weighted by Crippen LogP contribution is 2.25. The molecule has 108 valence electrons. The lowest BCUT2D eigenvalue weighted by atomic mass is 10.1. The van der Waals surface area contributed by atoms with Crippen molar-refractivity contribution in [3.63, 3.8) is 0 Å². The minimum atomic E-state index is -0.103. The Labute approximate surface area is 125 Å². The molecule has 0 unspecified atom stereocenters. The Balaban J connectivity index is 1.88. The molecule has 1 aromatic carbocycles. The Kier molecular flexibility index (Phi) is 5.35. The van der Waals surface area contributed by atoms with Gasteiger partial charge in [0.1, 0.15) is 0 Å². The summed E-state index contributed by atoms with van der Waals surface area (Å²) in [5.41, 5.74) is 2.48. The number of hydrogen-bond donors (Lipinski definition) is 1. The first-order valence-corrected chi connectivity index (χ1v) is 7.96. The molecule has 1 N–H and O–H groups in total. The van der Waals surface area contributed by atoms with Gasteiger partial charge in [-0.25, -0.2) is 0 Å². The highest BCUT2D eigenvalue weighted by Gasteiger charge is 2.16. The van der Waals surface area contributed by atoms with Crippen molar-refractivity contribution in [3.8, 4) is 11.1 Å². The molecular weight excluding hydrogens is 266 g/mol. The smallest absolute Gasteiger partial charge is 0.0750 e. The normalized spacial score (nSPS) is 11.8. The SMILES string of the molecule is CCOC(C)(C)CNCc1cc(-c2ccccc2)cs1. The van der Waals surface area contributed by atoms with Gasteiger partial charge in [-0.2, -0.15) is 0 Å². The molecule has 0 fully saturated rings. The van der Waals surface area contributed by atoms with E-state index in [1.807, 2.05) is 13.0 Å². The Hall–Kier alpha value is -1.16.